The van der Waals surface area contributed by atoms with Crippen LogP contribution in [0.2, 0.25) is 0 Å². The number of hydrogen-bond donors (Lipinski definition) is 1. The maximum absolute atomic E-state index is 13.0. The molecule has 1 saturated heterocycles. The van der Waals surface area contributed by atoms with Crippen LogP contribution >= 0.6 is 0 Å². The summed E-state index contributed by atoms with van der Waals surface area (Å²) in [5.74, 6) is 0.278. The highest BCUT2D eigenvalue weighted by atomic mass is 32.2. The van der Waals surface area contributed by atoms with Crippen molar-refractivity contribution in [3.8, 4) is 17.1 Å². The van der Waals surface area contributed by atoms with Crippen LogP contribution in [0.1, 0.15) is 29.1 Å². The van der Waals surface area contributed by atoms with E-state index in [-0.39, 0.29) is 22.5 Å². The Morgan fingerprint density at radius 2 is 1.94 bits per heavy atom. The normalized spacial score (nSPS) is 13.9. The third-order valence-corrected chi connectivity index (χ3v) is 6.58. The molecule has 2 aromatic carbocycles. The van der Waals surface area contributed by atoms with E-state index in [0.717, 1.165) is 12.8 Å². The predicted octanol–water partition coefficient (Wildman–Crippen LogP) is 3.09. The molecule has 0 aliphatic carbocycles. The number of aromatic nitrogens is 2. The molecular formula is C21H22N4O5S. The van der Waals surface area contributed by atoms with Gasteiger partial charge in [0.1, 0.15) is 5.75 Å². The smallest absolute Gasteiger partial charge is 0.316 e. The van der Waals surface area contributed by atoms with E-state index in [2.05, 4.69) is 14.9 Å². The van der Waals surface area contributed by atoms with Crippen LogP contribution in [0.25, 0.3) is 11.4 Å². The summed E-state index contributed by atoms with van der Waals surface area (Å²) in [4.78, 5) is 18.4. The van der Waals surface area contributed by atoms with Crippen LogP contribution in [0.3, 0.4) is 0 Å². The van der Waals surface area contributed by atoms with Gasteiger partial charge in [0.25, 0.3) is 10.0 Å². The Labute approximate surface area is 180 Å². The fourth-order valence-corrected chi connectivity index (χ4v) is 4.73. The molecule has 2 heterocycles. The molecule has 0 spiro atoms. The number of nitrogens with one attached hydrogen (secondary N) is 1. The maximum atomic E-state index is 13.0. The molecule has 1 aromatic heterocycles. The highest BCUT2D eigenvalue weighted by molar-refractivity contribution is 7.92. The first-order valence-corrected chi connectivity index (χ1v) is 11.3. The van der Waals surface area contributed by atoms with Crippen LogP contribution in [0.5, 0.6) is 5.75 Å². The number of benzene rings is 2. The van der Waals surface area contributed by atoms with Crippen molar-refractivity contribution in [1.82, 2.24) is 15.0 Å². The van der Waals surface area contributed by atoms with E-state index in [0.29, 0.717) is 35.7 Å². The molecule has 1 aliphatic rings. The second kappa shape index (κ2) is 8.38. The second-order valence-electron chi connectivity index (χ2n) is 7.24. The predicted molar refractivity (Wildman–Crippen MR) is 113 cm³/mol. The van der Waals surface area contributed by atoms with Crippen molar-refractivity contribution in [3.05, 3.63) is 53.9 Å². The van der Waals surface area contributed by atoms with Gasteiger partial charge in [0.15, 0.2) is 0 Å². The Bertz CT molecular complexity index is 1220. The fourth-order valence-electron chi connectivity index (χ4n) is 3.41. The molecule has 1 aliphatic heterocycles. The van der Waals surface area contributed by atoms with Crippen molar-refractivity contribution >= 4 is 21.6 Å². The van der Waals surface area contributed by atoms with E-state index in [1.165, 1.54) is 13.2 Å². The molecule has 1 amide bonds. The van der Waals surface area contributed by atoms with Crippen molar-refractivity contribution in [2.45, 2.75) is 24.7 Å². The Hall–Kier alpha value is -3.40. The monoisotopic (exact) mass is 442 g/mol. The number of sulfonamides is 1. The van der Waals surface area contributed by atoms with Gasteiger partial charge in [-0.3, -0.25) is 9.52 Å². The number of aryl methyl sites for hydroxylation is 1. The number of methoxy groups -OCH3 is 1. The fraction of sp³-hybridized carbons (Fsp3) is 0.286. The number of carbonyl (C=O) groups excluding carboxylic acids is 1. The van der Waals surface area contributed by atoms with Gasteiger partial charge in [0.05, 0.1) is 17.7 Å². The van der Waals surface area contributed by atoms with Gasteiger partial charge in [0, 0.05) is 24.7 Å². The molecule has 0 unspecified atom stereocenters. The lowest BCUT2D eigenvalue weighted by molar-refractivity contribution is 0.0743. The van der Waals surface area contributed by atoms with E-state index in [1.807, 2.05) is 0 Å². The molecule has 4 rings (SSSR count). The third kappa shape index (κ3) is 4.38. The van der Waals surface area contributed by atoms with Gasteiger partial charge in [-0.25, -0.2) is 8.42 Å². The third-order valence-electron chi connectivity index (χ3n) is 5.06. The first-order chi connectivity index (χ1) is 14.9. The van der Waals surface area contributed by atoms with Crippen LogP contribution < -0.4 is 9.46 Å². The van der Waals surface area contributed by atoms with Crippen LogP contribution in [0.4, 0.5) is 5.69 Å². The quantitative estimate of drug-likeness (QED) is 0.624. The average molecular weight is 442 g/mol. The minimum atomic E-state index is -3.89. The van der Waals surface area contributed by atoms with Crippen molar-refractivity contribution < 1.29 is 22.5 Å². The molecule has 0 bridgehead atoms. The van der Waals surface area contributed by atoms with E-state index in [9.17, 15) is 13.2 Å². The molecule has 1 fully saturated rings. The Morgan fingerprint density at radius 3 is 2.68 bits per heavy atom. The minimum Gasteiger partial charge on any atom is -0.497 e. The first-order valence-electron chi connectivity index (χ1n) is 9.78. The van der Waals surface area contributed by atoms with Crippen LogP contribution in [0.15, 0.2) is 51.9 Å². The lowest BCUT2D eigenvalue weighted by atomic mass is 10.1. The van der Waals surface area contributed by atoms with Gasteiger partial charge < -0.3 is 14.2 Å². The molecular weight excluding hydrogens is 420 g/mol. The number of anilines is 1. The van der Waals surface area contributed by atoms with Crippen molar-refractivity contribution in [2.24, 2.45) is 0 Å². The number of nitrogens with zero attached hydrogens (tertiary/aromatic N) is 3. The van der Waals surface area contributed by atoms with Gasteiger partial charge >= 0.3 is 11.8 Å². The average Bonchev–Trinajstić information content (AvgIpc) is 3.46. The first kappa shape index (κ1) is 20.9. The molecule has 0 saturated carbocycles. The number of ether oxygens (including phenoxy) is 1. The summed E-state index contributed by atoms with van der Waals surface area (Å²) in [5.41, 5.74) is 1.36. The summed E-state index contributed by atoms with van der Waals surface area (Å²) >= 11 is 0. The van der Waals surface area contributed by atoms with Gasteiger partial charge in [0.2, 0.25) is 5.82 Å². The Kier molecular flexibility index (Phi) is 5.64. The zero-order chi connectivity index (χ0) is 22.0. The van der Waals surface area contributed by atoms with Crippen LogP contribution in [0, 0.1) is 6.92 Å². The van der Waals surface area contributed by atoms with Crippen molar-refractivity contribution in [2.75, 3.05) is 24.9 Å². The van der Waals surface area contributed by atoms with Crippen LogP contribution in [-0.4, -0.2) is 49.6 Å². The molecule has 10 heteroatoms. The number of amides is 1. The zero-order valence-electron chi connectivity index (χ0n) is 17.2. The highest BCUT2D eigenvalue weighted by Crippen LogP contribution is 2.26. The largest absolute Gasteiger partial charge is 0.497 e. The lowest BCUT2D eigenvalue weighted by Crippen LogP contribution is -2.27. The molecule has 31 heavy (non-hydrogen) atoms. The van der Waals surface area contributed by atoms with Gasteiger partial charge in [-0.1, -0.05) is 23.4 Å². The number of likely N-dealkylation sites (tertiary alicyclic amines) is 1. The highest BCUT2D eigenvalue weighted by Gasteiger charge is 2.26. The standard InChI is InChI=1S/C21H22N4O5S/c1-14-8-9-15(19-22-20(30-23-19)21(26)25-10-3-4-11-25)12-18(14)31(27,28)24-16-6-5-7-17(13-16)29-2/h5-9,12-13,24H,3-4,10-11H2,1-2H3. The summed E-state index contributed by atoms with van der Waals surface area (Å²) in [6, 6.07) is 11.5. The maximum Gasteiger partial charge on any atom is 0.316 e. The van der Waals surface area contributed by atoms with Gasteiger partial charge in [-0.05, 0) is 43.5 Å². The molecule has 1 N–H and O–H groups in total. The van der Waals surface area contributed by atoms with Crippen molar-refractivity contribution in [3.63, 3.8) is 0 Å². The summed E-state index contributed by atoms with van der Waals surface area (Å²) in [6.45, 7) is 3.03. The van der Waals surface area contributed by atoms with Crippen LogP contribution in [-0.2, 0) is 10.0 Å². The van der Waals surface area contributed by atoms with E-state index >= 15 is 0 Å². The summed E-state index contributed by atoms with van der Waals surface area (Å²) in [7, 11) is -2.38. The van der Waals surface area contributed by atoms with E-state index in [4.69, 9.17) is 9.26 Å². The molecule has 9 nitrogen and oxygen atoms in total. The number of carbonyl (C=O) groups is 1. The Morgan fingerprint density at radius 1 is 1.16 bits per heavy atom. The molecule has 3 aromatic rings. The van der Waals surface area contributed by atoms with E-state index in [1.54, 1.807) is 48.2 Å². The van der Waals surface area contributed by atoms with Gasteiger partial charge in [-0.15, -0.1) is 0 Å². The molecule has 162 valence electrons. The number of rotatable bonds is 6. The summed E-state index contributed by atoms with van der Waals surface area (Å²) in [6.07, 6.45) is 1.90. The van der Waals surface area contributed by atoms with Gasteiger partial charge in [-0.2, -0.15) is 4.98 Å². The lowest BCUT2D eigenvalue weighted by Gasteiger charge is -2.12. The zero-order valence-corrected chi connectivity index (χ0v) is 18.0. The topological polar surface area (TPSA) is 115 Å². The van der Waals surface area contributed by atoms with E-state index < -0.39 is 10.0 Å². The Balaban J connectivity index is 1.62. The minimum absolute atomic E-state index is 0.0741. The molecule has 0 radical (unpaired) electrons. The molecule has 0 atom stereocenters. The second-order valence-corrected chi connectivity index (χ2v) is 8.89. The number of hydrogen-bond acceptors (Lipinski definition) is 7. The SMILES string of the molecule is COc1cccc(NS(=O)(=O)c2cc(-c3noc(C(=O)N4CCCC4)n3)ccc2C)c1. The van der Waals surface area contributed by atoms with Crippen molar-refractivity contribution in [1.29, 1.82) is 0 Å². The summed E-state index contributed by atoms with van der Waals surface area (Å²) in [5, 5.41) is 3.87. The summed E-state index contributed by atoms with van der Waals surface area (Å²) < 4.78 is 38.9.